The zero-order chi connectivity index (χ0) is 25.7. The van der Waals surface area contributed by atoms with Crippen molar-refractivity contribution in [2.75, 3.05) is 5.32 Å². The molecule has 180 valence electrons. The van der Waals surface area contributed by atoms with E-state index in [0.29, 0.717) is 17.9 Å². The van der Waals surface area contributed by atoms with Gasteiger partial charge >= 0.3 is 6.18 Å². The summed E-state index contributed by atoms with van der Waals surface area (Å²) in [5.41, 5.74) is 0.159. The highest BCUT2D eigenvalue weighted by Crippen LogP contribution is 2.31. The Morgan fingerprint density at radius 3 is 2.50 bits per heavy atom. The number of nitrogens with zero attached hydrogens (tertiary/aromatic N) is 1. The highest BCUT2D eigenvalue weighted by Gasteiger charge is 2.30. The molecule has 0 aliphatic heterocycles. The molecule has 4 nitrogen and oxygen atoms in total. The lowest BCUT2D eigenvalue weighted by molar-refractivity contribution is -0.137. The van der Waals surface area contributed by atoms with Crippen LogP contribution in [0.1, 0.15) is 16.7 Å². The van der Waals surface area contributed by atoms with E-state index in [4.69, 9.17) is 16.3 Å². The van der Waals surface area contributed by atoms with Gasteiger partial charge in [0.05, 0.1) is 10.6 Å². The van der Waals surface area contributed by atoms with Gasteiger partial charge in [-0.2, -0.15) is 18.4 Å². The molecule has 0 aliphatic rings. The normalized spacial score (nSPS) is 11.7. The number of halogens is 4. The van der Waals surface area contributed by atoms with Crippen LogP contribution in [0.2, 0.25) is 5.02 Å². The Hall–Kier alpha value is -4.28. The van der Waals surface area contributed by atoms with Gasteiger partial charge in [-0.25, -0.2) is 0 Å². The second-order valence-corrected chi connectivity index (χ2v) is 8.23. The van der Waals surface area contributed by atoms with Crippen LogP contribution in [-0.4, -0.2) is 5.91 Å². The van der Waals surface area contributed by atoms with Crippen molar-refractivity contribution in [1.29, 1.82) is 5.26 Å². The molecular weight excluding hydrogens is 489 g/mol. The third-order valence-electron chi connectivity index (χ3n) is 5.34. The van der Waals surface area contributed by atoms with Crippen LogP contribution in [0, 0.1) is 11.3 Å². The minimum atomic E-state index is -4.55. The third-order valence-corrected chi connectivity index (χ3v) is 5.64. The lowest BCUT2D eigenvalue weighted by Crippen LogP contribution is -2.14. The van der Waals surface area contributed by atoms with E-state index in [2.05, 4.69) is 5.32 Å². The van der Waals surface area contributed by atoms with Gasteiger partial charge in [0, 0.05) is 5.69 Å². The van der Waals surface area contributed by atoms with E-state index in [0.717, 1.165) is 28.5 Å². The molecule has 0 unspecified atom stereocenters. The molecular formula is C28H18ClF3N2O2. The van der Waals surface area contributed by atoms with Crippen LogP contribution in [-0.2, 0) is 17.6 Å². The standard InChI is InChI=1S/C28H18ClF3N2O2/c29-25-14-18(11-12-26(25)36-17-20-7-3-6-19-5-1-2-10-24(19)20)13-21(16-33)27(35)34-23-9-4-8-22(15-23)28(30,31)32/h1-15H,17H2,(H,34,35)/b21-13+. The summed E-state index contributed by atoms with van der Waals surface area (Å²) in [5.74, 6) is -0.419. The second kappa shape index (κ2) is 10.5. The number of ether oxygens (including phenoxy) is 1. The summed E-state index contributed by atoms with van der Waals surface area (Å²) in [6.45, 7) is 0.291. The Morgan fingerprint density at radius 2 is 1.75 bits per heavy atom. The molecule has 0 fully saturated rings. The number of rotatable bonds is 6. The van der Waals surface area contributed by atoms with E-state index < -0.39 is 17.6 Å². The second-order valence-electron chi connectivity index (χ2n) is 7.82. The van der Waals surface area contributed by atoms with Crippen molar-refractivity contribution in [3.8, 4) is 11.8 Å². The van der Waals surface area contributed by atoms with Crippen LogP contribution in [0.25, 0.3) is 16.8 Å². The fourth-order valence-electron chi connectivity index (χ4n) is 3.58. The first kappa shape index (κ1) is 24.8. The minimum Gasteiger partial charge on any atom is -0.487 e. The molecule has 0 aliphatic carbocycles. The molecule has 1 amide bonds. The lowest BCUT2D eigenvalue weighted by Gasteiger charge is -2.11. The molecule has 0 atom stereocenters. The number of carbonyl (C=O) groups is 1. The summed E-state index contributed by atoms with van der Waals surface area (Å²) in [7, 11) is 0. The molecule has 1 N–H and O–H groups in total. The van der Waals surface area contributed by atoms with E-state index in [1.54, 1.807) is 18.2 Å². The first-order valence-corrected chi connectivity index (χ1v) is 11.1. The van der Waals surface area contributed by atoms with Gasteiger partial charge < -0.3 is 10.1 Å². The van der Waals surface area contributed by atoms with Crippen LogP contribution in [0.3, 0.4) is 0 Å². The van der Waals surface area contributed by atoms with Crippen molar-refractivity contribution in [3.05, 3.63) is 112 Å². The van der Waals surface area contributed by atoms with Crippen LogP contribution < -0.4 is 10.1 Å². The van der Waals surface area contributed by atoms with Crippen LogP contribution in [0.15, 0.2) is 90.5 Å². The van der Waals surface area contributed by atoms with Gasteiger partial charge in [0.15, 0.2) is 0 Å². The van der Waals surface area contributed by atoms with E-state index in [-0.39, 0.29) is 16.3 Å². The number of benzene rings is 4. The average Bonchev–Trinajstić information content (AvgIpc) is 2.86. The molecule has 4 aromatic rings. The molecule has 4 rings (SSSR count). The number of nitrogens with one attached hydrogen (secondary N) is 1. The Morgan fingerprint density at radius 1 is 1.00 bits per heavy atom. The van der Waals surface area contributed by atoms with Crippen molar-refractivity contribution < 1.29 is 22.7 Å². The van der Waals surface area contributed by atoms with Gasteiger partial charge in [-0.1, -0.05) is 66.2 Å². The Balaban J connectivity index is 1.48. The monoisotopic (exact) mass is 506 g/mol. The molecule has 0 aromatic heterocycles. The first-order chi connectivity index (χ1) is 17.2. The Kier molecular flexibility index (Phi) is 7.28. The fourth-order valence-corrected chi connectivity index (χ4v) is 3.83. The maximum atomic E-state index is 12.9. The maximum absolute atomic E-state index is 12.9. The molecule has 0 heterocycles. The van der Waals surface area contributed by atoms with E-state index in [1.807, 2.05) is 42.5 Å². The quantitative estimate of drug-likeness (QED) is 0.216. The van der Waals surface area contributed by atoms with Crippen LogP contribution >= 0.6 is 11.6 Å². The van der Waals surface area contributed by atoms with Crippen molar-refractivity contribution in [2.24, 2.45) is 0 Å². The van der Waals surface area contributed by atoms with Crippen molar-refractivity contribution in [3.63, 3.8) is 0 Å². The summed E-state index contributed by atoms with van der Waals surface area (Å²) in [6.07, 6.45) is -3.26. The van der Waals surface area contributed by atoms with Gasteiger partial charge in [-0.15, -0.1) is 0 Å². The van der Waals surface area contributed by atoms with Gasteiger partial charge in [0.1, 0.15) is 24.0 Å². The Bertz CT molecular complexity index is 1500. The molecule has 0 spiro atoms. The molecule has 4 aromatic carbocycles. The zero-order valence-corrected chi connectivity index (χ0v) is 19.4. The number of nitriles is 1. The highest BCUT2D eigenvalue weighted by atomic mass is 35.5. The highest BCUT2D eigenvalue weighted by molar-refractivity contribution is 6.32. The topological polar surface area (TPSA) is 62.1 Å². The summed E-state index contributed by atoms with van der Waals surface area (Å²) >= 11 is 6.37. The van der Waals surface area contributed by atoms with Crippen molar-refractivity contribution in [2.45, 2.75) is 12.8 Å². The minimum absolute atomic E-state index is 0.0776. The molecule has 0 saturated heterocycles. The van der Waals surface area contributed by atoms with E-state index in [1.165, 1.54) is 24.3 Å². The Labute approximate surface area is 210 Å². The van der Waals surface area contributed by atoms with E-state index >= 15 is 0 Å². The van der Waals surface area contributed by atoms with Crippen LogP contribution in [0.4, 0.5) is 18.9 Å². The predicted octanol–water partition coefficient (Wildman–Crippen LogP) is 7.64. The number of hydrogen-bond acceptors (Lipinski definition) is 3. The van der Waals surface area contributed by atoms with E-state index in [9.17, 15) is 23.2 Å². The molecule has 36 heavy (non-hydrogen) atoms. The van der Waals surface area contributed by atoms with Gasteiger partial charge in [-0.3, -0.25) is 4.79 Å². The summed E-state index contributed by atoms with van der Waals surface area (Å²) in [5, 5.41) is 14.2. The fraction of sp³-hybridized carbons (Fsp3) is 0.0714. The van der Waals surface area contributed by atoms with Crippen LogP contribution in [0.5, 0.6) is 5.75 Å². The average molecular weight is 507 g/mol. The third kappa shape index (κ3) is 5.85. The molecule has 0 saturated carbocycles. The van der Waals surface area contributed by atoms with Crippen molar-refractivity contribution >= 4 is 40.0 Å². The summed E-state index contributed by atoms with van der Waals surface area (Å²) in [6, 6.07) is 24.6. The molecule has 0 bridgehead atoms. The zero-order valence-electron chi connectivity index (χ0n) is 18.6. The number of alkyl halides is 3. The molecule has 8 heteroatoms. The number of fused-ring (bicyclic) bond motifs is 1. The van der Waals surface area contributed by atoms with Gasteiger partial charge in [-0.05, 0) is 58.3 Å². The number of amides is 1. The predicted molar refractivity (Wildman–Crippen MR) is 133 cm³/mol. The smallest absolute Gasteiger partial charge is 0.416 e. The first-order valence-electron chi connectivity index (χ1n) is 10.7. The summed E-state index contributed by atoms with van der Waals surface area (Å²) < 4.78 is 44.6. The van der Waals surface area contributed by atoms with Gasteiger partial charge in [0.25, 0.3) is 5.91 Å². The van der Waals surface area contributed by atoms with Crippen molar-refractivity contribution in [1.82, 2.24) is 0 Å². The number of anilines is 1. The summed E-state index contributed by atoms with van der Waals surface area (Å²) in [4.78, 5) is 12.5. The number of carbonyl (C=O) groups excluding carboxylic acids is 1. The largest absolute Gasteiger partial charge is 0.487 e. The van der Waals surface area contributed by atoms with Gasteiger partial charge in [0.2, 0.25) is 0 Å². The maximum Gasteiger partial charge on any atom is 0.416 e. The lowest BCUT2D eigenvalue weighted by atomic mass is 10.1. The number of hydrogen-bond donors (Lipinski definition) is 1. The molecule has 0 radical (unpaired) electrons. The SMILES string of the molecule is N#C/C(=C\c1ccc(OCc2cccc3ccccc23)c(Cl)c1)C(=O)Nc1cccc(C(F)(F)F)c1.